The highest BCUT2D eigenvalue weighted by molar-refractivity contribution is 7.91. The number of amides is 2. The van der Waals surface area contributed by atoms with Crippen molar-refractivity contribution in [3.63, 3.8) is 0 Å². The quantitative estimate of drug-likeness (QED) is 0.622. The predicted molar refractivity (Wildman–Crippen MR) is 64.4 cm³/mol. The Bertz CT molecular complexity index is 374. The van der Waals surface area contributed by atoms with Gasteiger partial charge in [-0.3, -0.25) is 0 Å². The lowest BCUT2D eigenvalue weighted by atomic mass is 10.1. The number of piperidine rings is 1. The molecule has 0 atom stereocenters. The van der Waals surface area contributed by atoms with Gasteiger partial charge in [0.25, 0.3) is 0 Å². The minimum Gasteiger partial charge on any atom is -0.328 e. The molecule has 0 aliphatic carbocycles. The highest BCUT2D eigenvalue weighted by Gasteiger charge is 2.29. The van der Waals surface area contributed by atoms with E-state index in [-0.39, 0.29) is 23.6 Å². The Balaban J connectivity index is 1.88. The summed E-state index contributed by atoms with van der Waals surface area (Å²) in [6, 6.07) is 0.160. The molecule has 2 aliphatic rings. The summed E-state index contributed by atoms with van der Waals surface area (Å²) in [4.78, 5) is 15.5. The summed E-state index contributed by atoms with van der Waals surface area (Å²) in [5.74, 6) is 0.179. The molecule has 6 nitrogen and oxygen atoms in total. The highest BCUT2D eigenvalue weighted by atomic mass is 32.2. The number of nitrogens with zero attached hydrogens (tertiary/aromatic N) is 2. The first-order valence-corrected chi connectivity index (χ1v) is 7.80. The maximum Gasteiger partial charge on any atom is 0.320 e. The lowest BCUT2D eigenvalue weighted by Crippen LogP contribution is -2.52. The van der Waals surface area contributed by atoms with Crippen LogP contribution in [0.3, 0.4) is 0 Å². The molecule has 0 bridgehead atoms. The monoisotopic (exact) mass is 261 g/mol. The van der Waals surface area contributed by atoms with Crippen LogP contribution in [0.25, 0.3) is 0 Å². The Hall–Kier alpha value is -0.820. The molecule has 2 saturated heterocycles. The predicted octanol–water partition coefficient (Wildman–Crippen LogP) is -0.740. The van der Waals surface area contributed by atoms with Crippen LogP contribution in [-0.4, -0.2) is 68.0 Å². The number of urea groups is 1. The van der Waals surface area contributed by atoms with E-state index < -0.39 is 9.84 Å². The largest absolute Gasteiger partial charge is 0.328 e. The molecule has 98 valence electrons. The summed E-state index contributed by atoms with van der Waals surface area (Å²) in [6.07, 6.45) is 1.66. The van der Waals surface area contributed by atoms with Gasteiger partial charge < -0.3 is 15.5 Å². The SMILES string of the molecule is NC1CCN(C(=O)N2CCS(=O)(=O)CC2)CC1. The molecule has 2 rings (SSSR count). The fraction of sp³-hybridized carbons (Fsp3) is 0.900. The fourth-order valence-corrected chi connectivity index (χ4v) is 3.40. The Morgan fingerprint density at radius 2 is 1.47 bits per heavy atom. The number of carbonyl (C=O) groups excluding carboxylic acids is 1. The van der Waals surface area contributed by atoms with E-state index in [2.05, 4.69) is 0 Å². The smallest absolute Gasteiger partial charge is 0.320 e. The first kappa shape index (κ1) is 12.6. The lowest BCUT2D eigenvalue weighted by molar-refractivity contribution is 0.143. The summed E-state index contributed by atoms with van der Waals surface area (Å²) >= 11 is 0. The molecule has 0 saturated carbocycles. The number of sulfone groups is 1. The molecule has 17 heavy (non-hydrogen) atoms. The minimum absolute atomic E-state index is 0.0354. The summed E-state index contributed by atoms with van der Waals surface area (Å²) in [5, 5.41) is 0. The fourth-order valence-electron chi connectivity index (χ4n) is 2.19. The summed E-state index contributed by atoms with van der Waals surface area (Å²) in [7, 11) is -2.92. The van der Waals surface area contributed by atoms with Crippen LogP contribution in [-0.2, 0) is 9.84 Å². The lowest BCUT2D eigenvalue weighted by Gasteiger charge is -2.36. The zero-order chi connectivity index (χ0) is 12.5. The second kappa shape index (κ2) is 4.81. The zero-order valence-corrected chi connectivity index (χ0v) is 10.7. The van der Waals surface area contributed by atoms with Gasteiger partial charge in [-0.25, -0.2) is 13.2 Å². The van der Waals surface area contributed by atoms with Crippen molar-refractivity contribution in [2.75, 3.05) is 37.7 Å². The van der Waals surface area contributed by atoms with Crippen LogP contribution in [0.5, 0.6) is 0 Å². The third-order valence-electron chi connectivity index (χ3n) is 3.43. The van der Waals surface area contributed by atoms with E-state index in [4.69, 9.17) is 5.73 Å². The number of nitrogens with two attached hydrogens (primary N) is 1. The average molecular weight is 261 g/mol. The van der Waals surface area contributed by atoms with Crippen molar-refractivity contribution >= 4 is 15.9 Å². The Kier molecular flexibility index (Phi) is 3.58. The molecule has 0 aromatic rings. The Labute approximate surface area is 102 Å². The van der Waals surface area contributed by atoms with Crippen molar-refractivity contribution in [1.82, 2.24) is 9.80 Å². The maximum atomic E-state index is 12.1. The van der Waals surface area contributed by atoms with Crippen molar-refractivity contribution in [1.29, 1.82) is 0 Å². The van der Waals surface area contributed by atoms with Crippen LogP contribution in [0.4, 0.5) is 4.79 Å². The Morgan fingerprint density at radius 3 is 2.00 bits per heavy atom. The molecule has 2 aliphatic heterocycles. The second-order valence-electron chi connectivity index (χ2n) is 4.75. The molecule has 0 aromatic carbocycles. The number of hydrogen-bond acceptors (Lipinski definition) is 4. The van der Waals surface area contributed by atoms with Crippen molar-refractivity contribution in [3.05, 3.63) is 0 Å². The van der Waals surface area contributed by atoms with Crippen LogP contribution >= 0.6 is 0 Å². The normalized spacial score (nSPS) is 25.9. The van der Waals surface area contributed by atoms with E-state index in [1.807, 2.05) is 0 Å². The first-order chi connectivity index (χ1) is 7.98. The average Bonchev–Trinajstić information content (AvgIpc) is 2.29. The number of rotatable bonds is 0. The summed E-state index contributed by atoms with van der Waals surface area (Å²) in [5.41, 5.74) is 5.78. The van der Waals surface area contributed by atoms with Gasteiger partial charge in [-0.2, -0.15) is 0 Å². The third kappa shape index (κ3) is 3.10. The van der Waals surface area contributed by atoms with Gasteiger partial charge in [-0.05, 0) is 12.8 Å². The van der Waals surface area contributed by atoms with Gasteiger partial charge in [0, 0.05) is 32.2 Å². The molecule has 2 N–H and O–H groups in total. The third-order valence-corrected chi connectivity index (χ3v) is 5.03. The molecule has 0 radical (unpaired) electrons. The van der Waals surface area contributed by atoms with Crippen molar-refractivity contribution in [2.45, 2.75) is 18.9 Å². The van der Waals surface area contributed by atoms with Gasteiger partial charge in [0.15, 0.2) is 9.84 Å². The minimum atomic E-state index is -2.92. The van der Waals surface area contributed by atoms with Gasteiger partial charge in [0.05, 0.1) is 11.5 Å². The second-order valence-corrected chi connectivity index (χ2v) is 7.05. The van der Waals surface area contributed by atoms with Gasteiger partial charge in [-0.1, -0.05) is 0 Å². The summed E-state index contributed by atoms with van der Waals surface area (Å²) < 4.78 is 22.5. The van der Waals surface area contributed by atoms with Crippen molar-refractivity contribution < 1.29 is 13.2 Å². The maximum absolute atomic E-state index is 12.1. The van der Waals surface area contributed by atoms with E-state index in [0.717, 1.165) is 12.8 Å². The number of likely N-dealkylation sites (tertiary alicyclic amines) is 1. The van der Waals surface area contributed by atoms with Gasteiger partial charge in [0.2, 0.25) is 0 Å². The molecular formula is C10H19N3O3S. The zero-order valence-electron chi connectivity index (χ0n) is 9.84. The topological polar surface area (TPSA) is 83.7 Å². The van der Waals surface area contributed by atoms with Gasteiger partial charge >= 0.3 is 6.03 Å². The molecule has 2 amide bonds. The highest BCUT2D eigenvalue weighted by Crippen LogP contribution is 2.13. The molecule has 0 aromatic heterocycles. The van der Waals surface area contributed by atoms with E-state index in [9.17, 15) is 13.2 Å². The molecule has 2 fully saturated rings. The number of carbonyl (C=O) groups is 1. The first-order valence-electron chi connectivity index (χ1n) is 5.98. The van der Waals surface area contributed by atoms with E-state index in [1.165, 1.54) is 0 Å². The van der Waals surface area contributed by atoms with Gasteiger partial charge in [-0.15, -0.1) is 0 Å². The standard InChI is InChI=1S/C10H19N3O3S/c11-9-1-3-12(4-2-9)10(14)13-5-7-17(15,16)8-6-13/h9H,1-8,11H2. The molecular weight excluding hydrogens is 242 g/mol. The number of hydrogen-bond donors (Lipinski definition) is 1. The Morgan fingerprint density at radius 1 is 1.00 bits per heavy atom. The molecule has 0 spiro atoms. The van der Waals surface area contributed by atoms with E-state index >= 15 is 0 Å². The molecule has 2 heterocycles. The van der Waals surface area contributed by atoms with Crippen molar-refractivity contribution in [2.24, 2.45) is 5.73 Å². The van der Waals surface area contributed by atoms with Crippen molar-refractivity contribution in [3.8, 4) is 0 Å². The van der Waals surface area contributed by atoms with Crippen LogP contribution in [0.1, 0.15) is 12.8 Å². The van der Waals surface area contributed by atoms with Crippen LogP contribution in [0.15, 0.2) is 0 Å². The summed E-state index contributed by atoms with van der Waals surface area (Å²) in [6.45, 7) is 2.01. The van der Waals surface area contributed by atoms with Gasteiger partial charge in [0.1, 0.15) is 0 Å². The van der Waals surface area contributed by atoms with Crippen LogP contribution in [0, 0.1) is 0 Å². The molecule has 0 unspecified atom stereocenters. The van der Waals surface area contributed by atoms with E-state index in [0.29, 0.717) is 26.2 Å². The van der Waals surface area contributed by atoms with Crippen LogP contribution < -0.4 is 5.73 Å². The molecule has 7 heteroatoms. The van der Waals surface area contributed by atoms with Crippen LogP contribution in [0.2, 0.25) is 0 Å². The van der Waals surface area contributed by atoms with E-state index in [1.54, 1.807) is 9.80 Å².